The van der Waals surface area contributed by atoms with Crippen LogP contribution in [0.1, 0.15) is 18.4 Å². The van der Waals surface area contributed by atoms with Crippen molar-refractivity contribution < 1.29 is 17.9 Å². The Morgan fingerprint density at radius 2 is 2.06 bits per heavy atom. The first-order chi connectivity index (χ1) is 8.43. The standard InChI is InChI=1S/C12H13NO4S/c1-17-10-4-3-9(7-11(10)18(2,15)16)12(5-6-12)13-8-14/h3-4,7H,5-6H2,1-2H3. The van der Waals surface area contributed by atoms with Gasteiger partial charge in [-0.15, -0.1) is 0 Å². The van der Waals surface area contributed by atoms with Crippen LogP contribution in [0.3, 0.4) is 0 Å². The molecule has 0 saturated heterocycles. The third-order valence-corrected chi connectivity index (χ3v) is 4.20. The van der Waals surface area contributed by atoms with Crippen LogP contribution in [-0.4, -0.2) is 27.9 Å². The number of ether oxygens (including phenoxy) is 1. The number of methoxy groups -OCH3 is 1. The van der Waals surface area contributed by atoms with E-state index in [1.807, 2.05) is 0 Å². The second-order valence-electron chi connectivity index (χ2n) is 4.37. The van der Waals surface area contributed by atoms with Crippen LogP contribution in [0.5, 0.6) is 5.75 Å². The summed E-state index contributed by atoms with van der Waals surface area (Å²) in [7, 11) is -1.96. The minimum atomic E-state index is -3.38. The second-order valence-corrected chi connectivity index (χ2v) is 6.36. The predicted molar refractivity (Wildman–Crippen MR) is 65.1 cm³/mol. The number of nitrogens with zero attached hydrogens (tertiary/aromatic N) is 1. The lowest BCUT2D eigenvalue weighted by Crippen LogP contribution is -2.07. The maximum Gasteiger partial charge on any atom is 0.235 e. The Morgan fingerprint density at radius 3 is 2.50 bits per heavy atom. The molecule has 0 atom stereocenters. The summed E-state index contributed by atoms with van der Waals surface area (Å²) in [6.07, 6.45) is 4.14. The van der Waals surface area contributed by atoms with Crippen molar-refractivity contribution >= 4 is 15.9 Å². The molecule has 0 heterocycles. The van der Waals surface area contributed by atoms with E-state index in [0.717, 1.165) is 19.1 Å². The smallest absolute Gasteiger partial charge is 0.235 e. The van der Waals surface area contributed by atoms with E-state index in [1.54, 1.807) is 18.2 Å². The van der Waals surface area contributed by atoms with Gasteiger partial charge in [-0.05, 0) is 30.5 Å². The van der Waals surface area contributed by atoms with E-state index in [9.17, 15) is 13.2 Å². The number of carbonyl (C=O) groups excluding carboxylic acids is 1. The average molecular weight is 267 g/mol. The lowest BCUT2D eigenvalue weighted by Gasteiger charge is -2.12. The lowest BCUT2D eigenvalue weighted by molar-refractivity contribution is 0.402. The number of rotatable bonds is 4. The summed E-state index contributed by atoms with van der Waals surface area (Å²) in [5.74, 6) is 0.298. The summed E-state index contributed by atoms with van der Waals surface area (Å²) in [4.78, 5) is 14.3. The van der Waals surface area contributed by atoms with Gasteiger partial charge in [0.2, 0.25) is 6.08 Å². The van der Waals surface area contributed by atoms with Gasteiger partial charge in [0.15, 0.2) is 9.84 Å². The molecular weight excluding hydrogens is 254 g/mol. The highest BCUT2D eigenvalue weighted by Crippen LogP contribution is 2.50. The number of hydrogen-bond donors (Lipinski definition) is 0. The molecule has 1 aliphatic carbocycles. The van der Waals surface area contributed by atoms with Crippen molar-refractivity contribution in [2.75, 3.05) is 13.4 Å². The fourth-order valence-corrected chi connectivity index (χ4v) is 2.78. The van der Waals surface area contributed by atoms with Crippen LogP contribution >= 0.6 is 0 Å². The van der Waals surface area contributed by atoms with Crippen LogP contribution in [-0.2, 0) is 20.2 Å². The lowest BCUT2D eigenvalue weighted by atomic mass is 10.1. The Kier molecular flexibility index (Phi) is 3.00. The number of isocyanates is 1. The largest absolute Gasteiger partial charge is 0.495 e. The van der Waals surface area contributed by atoms with Crippen LogP contribution in [0.15, 0.2) is 28.1 Å². The molecule has 0 bridgehead atoms. The first-order valence-corrected chi connectivity index (χ1v) is 7.30. The van der Waals surface area contributed by atoms with Crippen molar-refractivity contribution in [2.24, 2.45) is 4.99 Å². The number of hydrogen-bond acceptors (Lipinski definition) is 5. The van der Waals surface area contributed by atoms with Crippen molar-refractivity contribution in [1.82, 2.24) is 0 Å². The number of sulfone groups is 1. The zero-order valence-corrected chi connectivity index (χ0v) is 11.0. The zero-order chi connectivity index (χ0) is 13.4. The highest BCUT2D eigenvalue weighted by molar-refractivity contribution is 7.90. The van der Waals surface area contributed by atoms with E-state index in [1.165, 1.54) is 13.2 Å². The van der Waals surface area contributed by atoms with Crippen molar-refractivity contribution in [1.29, 1.82) is 0 Å². The molecule has 1 saturated carbocycles. The fraction of sp³-hybridized carbons (Fsp3) is 0.417. The van der Waals surface area contributed by atoms with Crippen LogP contribution < -0.4 is 4.74 Å². The Labute approximate surface area is 105 Å². The van der Waals surface area contributed by atoms with E-state index in [-0.39, 0.29) is 4.90 Å². The molecule has 0 N–H and O–H groups in total. The SMILES string of the molecule is COc1ccc(C2(N=C=O)CC2)cc1S(C)(=O)=O. The molecule has 6 heteroatoms. The Balaban J connectivity index is 2.57. The second kappa shape index (κ2) is 4.23. The Hall–Kier alpha value is -1.65. The predicted octanol–water partition coefficient (Wildman–Crippen LogP) is 1.42. The number of aliphatic imine (C=N–C) groups is 1. The molecule has 96 valence electrons. The minimum absolute atomic E-state index is 0.120. The minimum Gasteiger partial charge on any atom is -0.495 e. The molecule has 5 nitrogen and oxygen atoms in total. The van der Waals surface area contributed by atoms with Gasteiger partial charge in [0, 0.05) is 6.26 Å². The van der Waals surface area contributed by atoms with E-state index in [4.69, 9.17) is 4.74 Å². The quantitative estimate of drug-likeness (QED) is 0.611. The van der Waals surface area contributed by atoms with Gasteiger partial charge in [0.05, 0.1) is 12.6 Å². The van der Waals surface area contributed by atoms with Gasteiger partial charge in [-0.3, -0.25) is 0 Å². The van der Waals surface area contributed by atoms with Crippen LogP contribution in [0, 0.1) is 0 Å². The first-order valence-electron chi connectivity index (χ1n) is 5.40. The fourth-order valence-electron chi connectivity index (χ4n) is 1.93. The van der Waals surface area contributed by atoms with Crippen molar-refractivity contribution in [3.63, 3.8) is 0 Å². The molecule has 0 amide bonds. The maximum atomic E-state index is 11.7. The molecule has 0 unspecified atom stereocenters. The summed E-state index contributed by atoms with van der Waals surface area (Å²) in [6.45, 7) is 0. The molecule has 1 aromatic rings. The van der Waals surface area contributed by atoms with E-state index in [2.05, 4.69) is 4.99 Å². The molecule has 0 spiro atoms. The van der Waals surface area contributed by atoms with Gasteiger partial charge in [0.1, 0.15) is 10.6 Å². The van der Waals surface area contributed by atoms with Gasteiger partial charge in [-0.1, -0.05) is 6.07 Å². The molecular formula is C12H13NO4S. The van der Waals surface area contributed by atoms with Gasteiger partial charge < -0.3 is 4.74 Å². The summed E-state index contributed by atoms with van der Waals surface area (Å²) in [5, 5.41) is 0. The van der Waals surface area contributed by atoms with Gasteiger partial charge in [-0.25, -0.2) is 13.2 Å². The summed E-state index contributed by atoms with van der Waals surface area (Å²) in [6, 6.07) is 4.86. The molecule has 2 rings (SSSR count). The van der Waals surface area contributed by atoms with Gasteiger partial charge >= 0.3 is 0 Å². The van der Waals surface area contributed by atoms with E-state index < -0.39 is 15.4 Å². The van der Waals surface area contributed by atoms with Crippen molar-refractivity contribution in [3.05, 3.63) is 23.8 Å². The van der Waals surface area contributed by atoms with Gasteiger partial charge in [-0.2, -0.15) is 4.99 Å². The monoisotopic (exact) mass is 267 g/mol. The average Bonchev–Trinajstić information content (AvgIpc) is 3.08. The van der Waals surface area contributed by atoms with Crippen molar-refractivity contribution in [3.8, 4) is 5.75 Å². The first kappa shape index (κ1) is 12.8. The summed E-state index contributed by atoms with van der Waals surface area (Å²) in [5.41, 5.74) is 0.139. The number of benzene rings is 1. The molecule has 1 aliphatic rings. The molecule has 1 aromatic carbocycles. The van der Waals surface area contributed by atoms with E-state index >= 15 is 0 Å². The highest BCUT2D eigenvalue weighted by Gasteiger charge is 2.45. The zero-order valence-electron chi connectivity index (χ0n) is 10.1. The highest BCUT2D eigenvalue weighted by atomic mass is 32.2. The Bertz CT molecular complexity index is 625. The third-order valence-electron chi connectivity index (χ3n) is 3.08. The summed E-state index contributed by atoms with van der Waals surface area (Å²) < 4.78 is 28.4. The normalized spacial score (nSPS) is 16.8. The maximum absolute atomic E-state index is 11.7. The molecule has 0 radical (unpaired) electrons. The summed E-state index contributed by atoms with van der Waals surface area (Å²) >= 11 is 0. The van der Waals surface area contributed by atoms with E-state index in [0.29, 0.717) is 11.3 Å². The van der Waals surface area contributed by atoms with Crippen LogP contribution in [0.2, 0.25) is 0 Å². The molecule has 0 aliphatic heterocycles. The van der Waals surface area contributed by atoms with Crippen LogP contribution in [0.4, 0.5) is 0 Å². The Morgan fingerprint density at radius 1 is 1.39 bits per heavy atom. The van der Waals surface area contributed by atoms with Gasteiger partial charge in [0.25, 0.3) is 0 Å². The molecule has 1 fully saturated rings. The molecule has 18 heavy (non-hydrogen) atoms. The topological polar surface area (TPSA) is 72.8 Å². The molecule has 0 aromatic heterocycles. The van der Waals surface area contributed by atoms with Crippen molar-refractivity contribution in [2.45, 2.75) is 23.3 Å². The third kappa shape index (κ3) is 2.17. The van der Waals surface area contributed by atoms with Crippen LogP contribution in [0.25, 0.3) is 0 Å².